The molecule has 31 heavy (non-hydrogen) atoms. The molecule has 3 heterocycles. The van der Waals surface area contributed by atoms with Crippen molar-refractivity contribution < 1.29 is 17.9 Å². The van der Waals surface area contributed by atoms with Gasteiger partial charge in [-0.3, -0.25) is 9.48 Å². The lowest BCUT2D eigenvalue weighted by molar-refractivity contribution is 0.0730. The van der Waals surface area contributed by atoms with E-state index < -0.39 is 15.9 Å². The molecule has 10 heteroatoms. The molecule has 2 aromatic heterocycles. The zero-order chi connectivity index (χ0) is 22.2. The molecule has 0 unspecified atom stereocenters. The Morgan fingerprint density at radius 1 is 1.23 bits per heavy atom. The summed E-state index contributed by atoms with van der Waals surface area (Å²) in [5.41, 5.74) is 3.00. The second-order valence-corrected chi connectivity index (χ2v) is 9.36. The van der Waals surface area contributed by atoms with Gasteiger partial charge in [0.15, 0.2) is 5.65 Å². The summed E-state index contributed by atoms with van der Waals surface area (Å²) in [6, 6.07) is 6.62. The van der Waals surface area contributed by atoms with Crippen molar-refractivity contribution in [1.29, 1.82) is 0 Å². The predicted molar refractivity (Wildman–Crippen MR) is 117 cm³/mol. The van der Waals surface area contributed by atoms with Gasteiger partial charge in [0.05, 0.1) is 35.7 Å². The number of fused-ring (bicyclic) bond motifs is 1. The van der Waals surface area contributed by atoms with E-state index in [1.807, 2.05) is 27.0 Å². The average Bonchev–Trinajstić information content (AvgIpc) is 3.06. The number of benzene rings is 1. The zero-order valence-electron chi connectivity index (χ0n) is 17.8. The van der Waals surface area contributed by atoms with Gasteiger partial charge in [-0.05, 0) is 37.1 Å². The molecule has 9 nitrogen and oxygen atoms in total. The van der Waals surface area contributed by atoms with Gasteiger partial charge in [-0.25, -0.2) is 13.4 Å². The summed E-state index contributed by atoms with van der Waals surface area (Å²) in [5, 5.41) is 7.99. The van der Waals surface area contributed by atoms with Crippen LogP contribution in [0.25, 0.3) is 11.0 Å². The molecule has 0 bridgehead atoms. The lowest BCUT2D eigenvalue weighted by Crippen LogP contribution is -2.41. The molecule has 0 atom stereocenters. The van der Waals surface area contributed by atoms with Crippen molar-refractivity contribution in [3.05, 3.63) is 47.3 Å². The summed E-state index contributed by atoms with van der Waals surface area (Å²) >= 11 is 0. The van der Waals surface area contributed by atoms with E-state index in [1.54, 1.807) is 23.0 Å². The summed E-state index contributed by atoms with van der Waals surface area (Å²) in [6.07, 6.45) is 2.11. The number of nitrogens with zero attached hydrogens (tertiary/aromatic N) is 4. The fourth-order valence-electron chi connectivity index (χ4n) is 3.73. The third-order valence-corrected chi connectivity index (χ3v) is 7.40. The van der Waals surface area contributed by atoms with E-state index in [0.717, 1.165) is 16.7 Å². The van der Waals surface area contributed by atoms with Crippen LogP contribution in [0.5, 0.6) is 0 Å². The van der Waals surface area contributed by atoms with Gasteiger partial charge in [-0.15, -0.1) is 0 Å². The first-order valence-electron chi connectivity index (χ1n) is 10.1. The van der Waals surface area contributed by atoms with Crippen LogP contribution in [0.1, 0.15) is 28.5 Å². The van der Waals surface area contributed by atoms with Crippen molar-refractivity contribution in [2.45, 2.75) is 25.2 Å². The molecule has 164 valence electrons. The number of sulfonamides is 1. The third kappa shape index (κ3) is 4.06. The number of carbonyl (C=O) groups is 1. The SMILES string of the molecule is CCc1ccc(C(=O)Nc2cnc3c(c2)c(C)nn3C)cc1S(=O)(=O)N1CCOCC1. The van der Waals surface area contributed by atoms with E-state index in [0.29, 0.717) is 44.0 Å². The maximum absolute atomic E-state index is 13.2. The molecule has 0 saturated carbocycles. The molecule has 0 spiro atoms. The van der Waals surface area contributed by atoms with Crippen molar-refractivity contribution in [3.63, 3.8) is 0 Å². The highest BCUT2D eigenvalue weighted by atomic mass is 32.2. The number of amides is 1. The Bertz CT molecular complexity index is 1250. The van der Waals surface area contributed by atoms with Crippen LogP contribution >= 0.6 is 0 Å². The molecular formula is C21H25N5O4S. The molecule has 1 saturated heterocycles. The number of nitrogens with one attached hydrogen (secondary N) is 1. The second-order valence-electron chi connectivity index (χ2n) is 7.45. The minimum Gasteiger partial charge on any atom is -0.379 e. The van der Waals surface area contributed by atoms with Crippen LogP contribution in [-0.4, -0.2) is 59.7 Å². The number of anilines is 1. The minimum atomic E-state index is -3.72. The molecule has 1 aliphatic rings. The summed E-state index contributed by atoms with van der Waals surface area (Å²) in [6.45, 7) is 5.11. The van der Waals surface area contributed by atoms with Gasteiger partial charge < -0.3 is 10.1 Å². The standard InChI is InChI=1S/C21H25N5O4S/c1-4-15-5-6-16(11-19(15)31(28,29)26-7-9-30-10-8-26)21(27)23-17-12-18-14(2)24-25(3)20(18)22-13-17/h5-6,11-13H,4,7-10H2,1-3H3,(H,23,27). The number of hydrogen-bond acceptors (Lipinski definition) is 6. The summed E-state index contributed by atoms with van der Waals surface area (Å²) in [5.74, 6) is -0.399. The maximum Gasteiger partial charge on any atom is 0.255 e. The first-order chi connectivity index (χ1) is 14.8. The van der Waals surface area contributed by atoms with Gasteiger partial charge in [0.2, 0.25) is 10.0 Å². The molecule has 0 aliphatic carbocycles. The highest BCUT2D eigenvalue weighted by Crippen LogP contribution is 2.25. The number of rotatable bonds is 5. The van der Waals surface area contributed by atoms with Gasteiger partial charge in [-0.2, -0.15) is 9.40 Å². The van der Waals surface area contributed by atoms with Crippen molar-refractivity contribution in [1.82, 2.24) is 19.1 Å². The van der Waals surface area contributed by atoms with E-state index >= 15 is 0 Å². The number of ether oxygens (including phenoxy) is 1. The Kier molecular flexibility index (Phi) is 5.78. The molecule has 1 fully saturated rings. The largest absolute Gasteiger partial charge is 0.379 e. The molecule has 1 amide bonds. The van der Waals surface area contributed by atoms with E-state index in [4.69, 9.17) is 4.74 Å². The number of carbonyl (C=O) groups excluding carboxylic acids is 1. The molecule has 1 aromatic carbocycles. The van der Waals surface area contributed by atoms with E-state index in [1.165, 1.54) is 10.4 Å². The van der Waals surface area contributed by atoms with Crippen LogP contribution in [-0.2, 0) is 28.2 Å². The highest BCUT2D eigenvalue weighted by Gasteiger charge is 2.29. The first-order valence-corrected chi connectivity index (χ1v) is 11.6. The van der Waals surface area contributed by atoms with Gasteiger partial charge >= 0.3 is 0 Å². The van der Waals surface area contributed by atoms with Crippen LogP contribution in [0.4, 0.5) is 5.69 Å². The Morgan fingerprint density at radius 3 is 2.68 bits per heavy atom. The lowest BCUT2D eigenvalue weighted by atomic mass is 10.1. The van der Waals surface area contributed by atoms with Gasteiger partial charge in [0.25, 0.3) is 5.91 Å². The Hall–Kier alpha value is -2.82. The van der Waals surface area contributed by atoms with Crippen molar-refractivity contribution >= 4 is 32.7 Å². The number of aryl methyl sites for hydroxylation is 3. The quantitative estimate of drug-likeness (QED) is 0.647. The van der Waals surface area contributed by atoms with E-state index in [2.05, 4.69) is 15.4 Å². The molecule has 3 aromatic rings. The summed E-state index contributed by atoms with van der Waals surface area (Å²) in [7, 11) is -1.90. The number of morpholine rings is 1. The maximum atomic E-state index is 13.2. The zero-order valence-corrected chi connectivity index (χ0v) is 18.6. The molecular weight excluding hydrogens is 418 g/mol. The fraction of sp³-hybridized carbons (Fsp3) is 0.381. The van der Waals surface area contributed by atoms with Gasteiger partial charge in [0.1, 0.15) is 0 Å². The van der Waals surface area contributed by atoms with Crippen LogP contribution in [0, 0.1) is 6.92 Å². The second kappa shape index (κ2) is 8.37. The Balaban J connectivity index is 1.64. The van der Waals surface area contributed by atoms with Crippen LogP contribution in [0.3, 0.4) is 0 Å². The summed E-state index contributed by atoms with van der Waals surface area (Å²) in [4.78, 5) is 17.4. The lowest BCUT2D eigenvalue weighted by Gasteiger charge is -2.27. The van der Waals surface area contributed by atoms with E-state index in [-0.39, 0.29) is 10.5 Å². The Labute approximate surface area is 181 Å². The normalized spacial score (nSPS) is 15.3. The monoisotopic (exact) mass is 443 g/mol. The first kappa shape index (κ1) is 21.4. The third-order valence-electron chi connectivity index (χ3n) is 5.42. The van der Waals surface area contributed by atoms with Crippen molar-refractivity contribution in [2.24, 2.45) is 7.05 Å². The van der Waals surface area contributed by atoms with Crippen LogP contribution < -0.4 is 5.32 Å². The topological polar surface area (TPSA) is 106 Å². The number of pyridine rings is 1. The smallest absolute Gasteiger partial charge is 0.255 e. The van der Waals surface area contributed by atoms with Crippen molar-refractivity contribution in [2.75, 3.05) is 31.6 Å². The van der Waals surface area contributed by atoms with Crippen molar-refractivity contribution in [3.8, 4) is 0 Å². The average molecular weight is 444 g/mol. The van der Waals surface area contributed by atoms with Crippen LogP contribution in [0.2, 0.25) is 0 Å². The molecule has 4 rings (SSSR count). The molecule has 0 radical (unpaired) electrons. The van der Waals surface area contributed by atoms with Gasteiger partial charge in [0, 0.05) is 31.1 Å². The number of aromatic nitrogens is 3. The number of hydrogen-bond donors (Lipinski definition) is 1. The Morgan fingerprint density at radius 2 is 1.97 bits per heavy atom. The highest BCUT2D eigenvalue weighted by molar-refractivity contribution is 7.89. The fourth-order valence-corrected chi connectivity index (χ4v) is 5.46. The molecule has 1 aliphatic heterocycles. The predicted octanol–water partition coefficient (Wildman–Crippen LogP) is 2.11. The minimum absolute atomic E-state index is 0.168. The summed E-state index contributed by atoms with van der Waals surface area (Å²) < 4.78 is 34.8. The van der Waals surface area contributed by atoms with Gasteiger partial charge in [-0.1, -0.05) is 13.0 Å². The molecule has 1 N–H and O–H groups in total. The van der Waals surface area contributed by atoms with Crippen LogP contribution in [0.15, 0.2) is 35.4 Å². The van der Waals surface area contributed by atoms with E-state index in [9.17, 15) is 13.2 Å².